The van der Waals surface area contributed by atoms with Gasteiger partial charge in [-0.25, -0.2) is 0 Å². The van der Waals surface area contributed by atoms with Gasteiger partial charge in [-0.2, -0.15) is 0 Å². The van der Waals surface area contributed by atoms with Gasteiger partial charge in [0, 0.05) is 7.11 Å². The lowest BCUT2D eigenvalue weighted by atomic mass is 9.47. The summed E-state index contributed by atoms with van der Waals surface area (Å²) in [7, 11) is 1.90. The zero-order valence-electron chi connectivity index (χ0n) is 20.6. The van der Waals surface area contributed by atoms with Crippen molar-refractivity contribution in [2.45, 2.75) is 104 Å². The molecule has 30 heavy (non-hydrogen) atoms. The van der Waals surface area contributed by atoms with Crippen LogP contribution in [-0.4, -0.2) is 13.2 Å². The Morgan fingerprint density at radius 1 is 1.10 bits per heavy atom. The van der Waals surface area contributed by atoms with Crippen molar-refractivity contribution in [1.82, 2.24) is 0 Å². The third-order valence-corrected chi connectivity index (χ3v) is 10.6. The summed E-state index contributed by atoms with van der Waals surface area (Å²) in [5, 5.41) is 0. The third-order valence-electron chi connectivity index (χ3n) is 10.6. The van der Waals surface area contributed by atoms with Gasteiger partial charge >= 0.3 is 0 Å². The molecule has 0 spiro atoms. The minimum Gasteiger partial charge on any atom is -0.381 e. The summed E-state index contributed by atoms with van der Waals surface area (Å²) in [6.45, 7) is 14.3. The summed E-state index contributed by atoms with van der Waals surface area (Å²) in [6, 6.07) is 0. The van der Waals surface area contributed by atoms with Gasteiger partial charge in [-0.3, -0.25) is 0 Å². The topological polar surface area (TPSA) is 9.23 Å². The zero-order chi connectivity index (χ0) is 21.5. The lowest BCUT2D eigenvalue weighted by molar-refractivity contribution is -0.0584. The predicted molar refractivity (Wildman–Crippen MR) is 128 cm³/mol. The van der Waals surface area contributed by atoms with Crippen LogP contribution >= 0.6 is 0 Å². The van der Waals surface area contributed by atoms with Crippen LogP contribution in [0.3, 0.4) is 0 Å². The molecule has 0 N–H and O–H groups in total. The molecule has 4 aliphatic carbocycles. The van der Waals surface area contributed by atoms with Crippen LogP contribution in [0.1, 0.15) is 98.3 Å². The van der Waals surface area contributed by atoms with Gasteiger partial charge in [-0.05, 0) is 104 Å². The number of rotatable bonds is 7. The second kappa shape index (κ2) is 8.76. The number of methoxy groups -OCH3 is 1. The van der Waals surface area contributed by atoms with E-state index in [4.69, 9.17) is 4.74 Å². The smallest absolute Gasteiger partial charge is 0.0608 e. The Morgan fingerprint density at radius 3 is 2.60 bits per heavy atom. The van der Waals surface area contributed by atoms with Gasteiger partial charge in [-0.15, -0.1) is 6.58 Å². The van der Waals surface area contributed by atoms with E-state index in [0.717, 1.165) is 35.5 Å². The molecule has 1 nitrogen and oxygen atoms in total. The maximum absolute atomic E-state index is 5.76. The minimum atomic E-state index is 0.451. The fraction of sp³-hybridized carbons (Fsp3) is 0.862. The SMILES string of the molecule is C=C[C@H](CCCC(C)C)[C@H]1CCC2[C@@H]3CC=C4CC(OC)CC[C@]4(C)C3CC[C@@]21C. The van der Waals surface area contributed by atoms with E-state index < -0.39 is 0 Å². The van der Waals surface area contributed by atoms with Crippen molar-refractivity contribution in [1.29, 1.82) is 0 Å². The lowest BCUT2D eigenvalue weighted by Gasteiger charge is -2.58. The quantitative estimate of drug-likeness (QED) is 0.383. The fourth-order valence-electron chi connectivity index (χ4n) is 8.82. The predicted octanol–water partition coefficient (Wildman–Crippen LogP) is 8.21. The molecule has 1 heteroatoms. The first kappa shape index (κ1) is 22.6. The van der Waals surface area contributed by atoms with E-state index in [1.165, 1.54) is 70.6 Å². The van der Waals surface area contributed by atoms with Crippen LogP contribution in [0, 0.1) is 46.3 Å². The first-order valence-electron chi connectivity index (χ1n) is 13.2. The van der Waals surface area contributed by atoms with Crippen molar-refractivity contribution >= 4 is 0 Å². The van der Waals surface area contributed by atoms with Crippen LogP contribution in [0.5, 0.6) is 0 Å². The van der Waals surface area contributed by atoms with Gasteiger partial charge in [0.25, 0.3) is 0 Å². The summed E-state index contributed by atoms with van der Waals surface area (Å²) in [4.78, 5) is 0. The summed E-state index contributed by atoms with van der Waals surface area (Å²) in [5.41, 5.74) is 2.74. The molecular weight excluding hydrogens is 364 g/mol. The van der Waals surface area contributed by atoms with Crippen LogP contribution in [0.4, 0.5) is 0 Å². The molecule has 4 aliphatic rings. The van der Waals surface area contributed by atoms with E-state index >= 15 is 0 Å². The Kier molecular flexibility index (Phi) is 6.61. The second-order valence-electron chi connectivity index (χ2n) is 12.3. The lowest BCUT2D eigenvalue weighted by Crippen LogP contribution is -2.51. The van der Waals surface area contributed by atoms with E-state index in [9.17, 15) is 0 Å². The van der Waals surface area contributed by atoms with Crippen LogP contribution in [-0.2, 0) is 4.74 Å². The van der Waals surface area contributed by atoms with Gasteiger partial charge in [-0.1, -0.05) is 58.3 Å². The van der Waals surface area contributed by atoms with E-state index in [1.54, 1.807) is 5.57 Å². The molecule has 0 amide bonds. The Balaban J connectivity index is 1.51. The van der Waals surface area contributed by atoms with E-state index in [-0.39, 0.29) is 0 Å². The number of ether oxygens (including phenoxy) is 1. The molecule has 3 saturated carbocycles. The second-order valence-corrected chi connectivity index (χ2v) is 12.3. The Morgan fingerprint density at radius 2 is 1.90 bits per heavy atom. The molecule has 0 aromatic carbocycles. The zero-order valence-corrected chi connectivity index (χ0v) is 20.6. The number of hydrogen-bond acceptors (Lipinski definition) is 1. The summed E-state index contributed by atoms with van der Waals surface area (Å²) < 4.78 is 5.76. The standard InChI is InChI=1S/C29H48O/c1-7-21(10-8-9-20(2)3)25-13-14-26-24-12-11-22-19-23(30-6)15-17-28(22,4)27(24)16-18-29(25,26)5/h7,11,20-21,23-27H,1,8-10,12-19H2,2-6H3/t21-,23?,24+,25-,26?,27?,28+,29-/m1/s1. The van der Waals surface area contributed by atoms with Gasteiger partial charge < -0.3 is 4.74 Å². The highest BCUT2D eigenvalue weighted by Crippen LogP contribution is 2.67. The summed E-state index contributed by atoms with van der Waals surface area (Å²) in [5.74, 6) is 5.20. The molecular formula is C29H48O. The number of hydrogen-bond donors (Lipinski definition) is 0. The van der Waals surface area contributed by atoms with Gasteiger partial charge in [0.1, 0.15) is 0 Å². The van der Waals surface area contributed by atoms with Gasteiger partial charge in [0.2, 0.25) is 0 Å². The van der Waals surface area contributed by atoms with Crippen molar-refractivity contribution in [2.24, 2.45) is 46.3 Å². The molecule has 0 aliphatic heterocycles. The highest BCUT2D eigenvalue weighted by molar-refractivity contribution is 5.25. The minimum absolute atomic E-state index is 0.451. The molecule has 4 rings (SSSR count). The van der Waals surface area contributed by atoms with Gasteiger partial charge in [0.15, 0.2) is 0 Å². The normalized spacial score (nSPS) is 44.1. The third kappa shape index (κ3) is 3.76. The average molecular weight is 413 g/mol. The number of fused-ring (bicyclic) bond motifs is 5. The van der Waals surface area contributed by atoms with Crippen molar-refractivity contribution in [3.63, 3.8) is 0 Å². The maximum Gasteiger partial charge on any atom is 0.0608 e. The molecule has 170 valence electrons. The molecule has 3 unspecified atom stereocenters. The van der Waals surface area contributed by atoms with Gasteiger partial charge in [0.05, 0.1) is 6.10 Å². The molecule has 8 atom stereocenters. The van der Waals surface area contributed by atoms with Crippen LogP contribution in [0.25, 0.3) is 0 Å². The van der Waals surface area contributed by atoms with E-state index in [0.29, 0.717) is 16.9 Å². The molecule has 3 fully saturated rings. The Bertz CT molecular complexity index is 647. The molecule has 0 aromatic heterocycles. The van der Waals surface area contributed by atoms with E-state index in [2.05, 4.69) is 46.4 Å². The highest BCUT2D eigenvalue weighted by Gasteiger charge is 2.59. The summed E-state index contributed by atoms with van der Waals surface area (Å²) in [6.07, 6.45) is 20.5. The van der Waals surface area contributed by atoms with Crippen molar-refractivity contribution in [3.05, 3.63) is 24.3 Å². The summed E-state index contributed by atoms with van der Waals surface area (Å²) >= 11 is 0. The molecule has 0 heterocycles. The largest absolute Gasteiger partial charge is 0.381 e. The molecule has 0 radical (unpaired) electrons. The monoisotopic (exact) mass is 412 g/mol. The molecule has 0 bridgehead atoms. The van der Waals surface area contributed by atoms with Crippen LogP contribution in [0.2, 0.25) is 0 Å². The highest BCUT2D eigenvalue weighted by atomic mass is 16.5. The van der Waals surface area contributed by atoms with Crippen LogP contribution < -0.4 is 0 Å². The first-order chi connectivity index (χ1) is 14.3. The van der Waals surface area contributed by atoms with E-state index in [1.807, 2.05) is 7.11 Å². The van der Waals surface area contributed by atoms with Crippen molar-refractivity contribution in [3.8, 4) is 0 Å². The number of allylic oxidation sites excluding steroid dienone is 2. The first-order valence-corrected chi connectivity index (χ1v) is 13.2. The Hall–Kier alpha value is -0.560. The molecule has 0 saturated heterocycles. The maximum atomic E-state index is 5.76. The fourth-order valence-corrected chi connectivity index (χ4v) is 8.82. The van der Waals surface area contributed by atoms with Crippen LogP contribution in [0.15, 0.2) is 24.3 Å². The molecule has 0 aromatic rings. The average Bonchev–Trinajstić information content (AvgIpc) is 3.07. The Labute approximate surface area is 187 Å². The van der Waals surface area contributed by atoms with Crippen molar-refractivity contribution < 1.29 is 4.74 Å². The van der Waals surface area contributed by atoms with Crippen molar-refractivity contribution in [2.75, 3.05) is 7.11 Å².